The minimum atomic E-state index is -0.470. The van der Waals surface area contributed by atoms with Crippen LogP contribution in [0.2, 0.25) is 0 Å². The highest BCUT2D eigenvalue weighted by atomic mass is 16.9. The number of fused-ring (bicyclic) bond motifs is 1. The van der Waals surface area contributed by atoms with E-state index in [0.717, 1.165) is 37.9 Å². The molecule has 0 aliphatic carbocycles. The lowest BCUT2D eigenvalue weighted by molar-refractivity contribution is -0.374. The van der Waals surface area contributed by atoms with Gasteiger partial charge in [0.2, 0.25) is 0 Å². The molecule has 0 saturated carbocycles. The van der Waals surface area contributed by atoms with Gasteiger partial charge in [0.25, 0.3) is 0 Å². The number of aryl methyl sites for hydroxylation is 1. The fourth-order valence-electron chi connectivity index (χ4n) is 5.04. The van der Waals surface area contributed by atoms with Crippen LogP contribution in [-0.4, -0.2) is 47.9 Å². The topological polar surface area (TPSA) is 57.2 Å². The van der Waals surface area contributed by atoms with E-state index in [4.69, 9.17) is 18.9 Å². The van der Waals surface area contributed by atoms with Crippen LogP contribution in [0.1, 0.15) is 58.1 Å². The van der Waals surface area contributed by atoms with Gasteiger partial charge in [-0.05, 0) is 74.9 Å². The average molecular weight is 466 g/mol. The van der Waals surface area contributed by atoms with Crippen molar-refractivity contribution in [2.24, 2.45) is 0 Å². The van der Waals surface area contributed by atoms with Gasteiger partial charge in [0.15, 0.2) is 12.6 Å². The molecule has 6 heteroatoms. The maximum atomic E-state index is 12.4. The first-order valence-electron chi connectivity index (χ1n) is 12.4. The number of hydrogen-bond donors (Lipinski definition) is 0. The van der Waals surface area contributed by atoms with E-state index in [1.54, 1.807) is 0 Å². The van der Waals surface area contributed by atoms with E-state index < -0.39 is 5.60 Å². The summed E-state index contributed by atoms with van der Waals surface area (Å²) < 4.78 is 23.2. The van der Waals surface area contributed by atoms with Gasteiger partial charge in [-0.1, -0.05) is 30.3 Å². The summed E-state index contributed by atoms with van der Waals surface area (Å²) in [5, 5.41) is 0. The zero-order chi connectivity index (χ0) is 23.9. The molecule has 3 aliphatic rings. The number of rotatable bonds is 3. The highest BCUT2D eigenvalue weighted by Crippen LogP contribution is 2.41. The quantitative estimate of drug-likeness (QED) is 0.581. The Morgan fingerprint density at radius 1 is 1.03 bits per heavy atom. The fraction of sp³-hybridized carbons (Fsp3) is 0.536. The molecule has 1 amide bonds. The second kappa shape index (κ2) is 8.90. The van der Waals surface area contributed by atoms with E-state index >= 15 is 0 Å². The molecular formula is C28H35NO5. The summed E-state index contributed by atoms with van der Waals surface area (Å²) in [5.74, 6) is 0.978. The van der Waals surface area contributed by atoms with Crippen LogP contribution in [0.5, 0.6) is 5.75 Å². The molecule has 6 nitrogen and oxygen atoms in total. The summed E-state index contributed by atoms with van der Waals surface area (Å²) >= 11 is 0. The fourth-order valence-corrected chi connectivity index (χ4v) is 5.04. The largest absolute Gasteiger partial charge is 0.487 e. The maximum Gasteiger partial charge on any atom is 0.410 e. The SMILES string of the molecule is CC1OC(Cc2ccc(-c3ccc4c(c3)CCC3(CCN(C(=O)OC(C)(C)C)CC3)O4)cc2)O1. The lowest BCUT2D eigenvalue weighted by Gasteiger charge is -2.44. The summed E-state index contributed by atoms with van der Waals surface area (Å²) in [6.07, 6.45) is 3.98. The van der Waals surface area contributed by atoms with Gasteiger partial charge >= 0.3 is 6.09 Å². The van der Waals surface area contributed by atoms with E-state index in [2.05, 4.69) is 42.5 Å². The number of likely N-dealkylation sites (tertiary alicyclic amines) is 1. The summed E-state index contributed by atoms with van der Waals surface area (Å²) in [4.78, 5) is 14.2. The first kappa shape index (κ1) is 23.2. The number of carbonyl (C=O) groups excluding carboxylic acids is 1. The molecule has 0 aromatic heterocycles. The second-order valence-electron chi connectivity index (χ2n) is 10.7. The van der Waals surface area contributed by atoms with Crippen LogP contribution in [-0.2, 0) is 27.1 Å². The monoisotopic (exact) mass is 465 g/mol. The highest BCUT2D eigenvalue weighted by Gasteiger charge is 2.41. The summed E-state index contributed by atoms with van der Waals surface area (Å²) in [7, 11) is 0. The number of nitrogens with zero attached hydrogens (tertiary/aromatic N) is 1. The third kappa shape index (κ3) is 5.08. The molecule has 0 radical (unpaired) electrons. The third-order valence-electron chi connectivity index (χ3n) is 6.94. The third-order valence-corrected chi connectivity index (χ3v) is 6.94. The molecular weight excluding hydrogens is 430 g/mol. The van der Waals surface area contributed by atoms with Gasteiger partial charge in [0, 0.05) is 32.4 Å². The Balaban J connectivity index is 1.20. The number of carbonyl (C=O) groups is 1. The van der Waals surface area contributed by atoms with E-state index in [-0.39, 0.29) is 24.3 Å². The van der Waals surface area contributed by atoms with Crippen molar-refractivity contribution in [2.45, 2.75) is 83.6 Å². The number of amides is 1. The Morgan fingerprint density at radius 3 is 2.35 bits per heavy atom. The van der Waals surface area contributed by atoms with Gasteiger partial charge in [-0.25, -0.2) is 4.79 Å². The zero-order valence-corrected chi connectivity index (χ0v) is 20.6. The highest BCUT2D eigenvalue weighted by molar-refractivity contribution is 5.68. The van der Waals surface area contributed by atoms with Crippen molar-refractivity contribution in [3.8, 4) is 16.9 Å². The van der Waals surface area contributed by atoms with Crippen molar-refractivity contribution in [2.75, 3.05) is 13.1 Å². The molecule has 0 bridgehead atoms. The normalized spacial score (nSPS) is 23.6. The average Bonchev–Trinajstić information content (AvgIpc) is 2.77. The first-order chi connectivity index (χ1) is 16.2. The maximum absolute atomic E-state index is 12.4. The minimum absolute atomic E-state index is 0.0846. The van der Waals surface area contributed by atoms with Crippen LogP contribution in [0.25, 0.3) is 11.1 Å². The summed E-state index contributed by atoms with van der Waals surface area (Å²) in [5.41, 5.74) is 4.21. The van der Waals surface area contributed by atoms with Gasteiger partial charge < -0.3 is 23.8 Å². The van der Waals surface area contributed by atoms with E-state index in [1.807, 2.05) is 32.6 Å². The van der Waals surface area contributed by atoms with Gasteiger partial charge in [-0.3, -0.25) is 0 Å². The molecule has 2 fully saturated rings. The summed E-state index contributed by atoms with van der Waals surface area (Å²) in [6, 6.07) is 15.1. The van der Waals surface area contributed by atoms with Gasteiger partial charge in [0.1, 0.15) is 17.0 Å². The van der Waals surface area contributed by atoms with Crippen LogP contribution in [0.3, 0.4) is 0 Å². The van der Waals surface area contributed by atoms with Crippen molar-refractivity contribution in [3.63, 3.8) is 0 Å². The molecule has 2 aromatic rings. The van der Waals surface area contributed by atoms with Crippen LogP contribution >= 0.6 is 0 Å². The lowest BCUT2D eigenvalue weighted by atomic mass is 9.82. The van der Waals surface area contributed by atoms with Crippen molar-refractivity contribution in [3.05, 3.63) is 53.6 Å². The molecule has 5 rings (SSSR count). The standard InChI is InChI=1S/C28H35NO5/c1-19-31-25(32-19)17-20-5-7-21(8-6-20)22-9-10-24-23(18-22)11-12-28(33-24)13-15-29(16-14-28)26(30)34-27(2,3)4/h5-10,18-19,25H,11-17H2,1-4H3. The smallest absolute Gasteiger partial charge is 0.410 e. The Labute approximate surface area is 202 Å². The van der Waals surface area contributed by atoms with Crippen molar-refractivity contribution in [1.82, 2.24) is 4.90 Å². The van der Waals surface area contributed by atoms with Gasteiger partial charge in [0.05, 0.1) is 0 Å². The molecule has 2 aromatic carbocycles. The first-order valence-corrected chi connectivity index (χ1v) is 12.4. The number of ether oxygens (including phenoxy) is 4. The minimum Gasteiger partial charge on any atom is -0.487 e. The molecule has 3 heterocycles. The summed E-state index contributed by atoms with van der Waals surface area (Å²) in [6.45, 7) is 8.96. The molecule has 0 N–H and O–H groups in total. The predicted octanol–water partition coefficient (Wildman–Crippen LogP) is 5.71. The van der Waals surface area contributed by atoms with Gasteiger partial charge in [-0.2, -0.15) is 0 Å². The zero-order valence-electron chi connectivity index (χ0n) is 20.6. The number of hydrogen-bond acceptors (Lipinski definition) is 5. The molecule has 0 atom stereocenters. The molecule has 2 saturated heterocycles. The number of piperidine rings is 1. The Bertz CT molecular complexity index is 1030. The number of benzene rings is 2. The lowest BCUT2D eigenvalue weighted by Crippen LogP contribution is -2.52. The van der Waals surface area contributed by atoms with Crippen LogP contribution in [0, 0.1) is 0 Å². The van der Waals surface area contributed by atoms with Crippen LogP contribution < -0.4 is 4.74 Å². The Morgan fingerprint density at radius 2 is 1.71 bits per heavy atom. The Kier molecular flexibility index (Phi) is 6.07. The van der Waals surface area contributed by atoms with E-state index in [9.17, 15) is 4.79 Å². The molecule has 34 heavy (non-hydrogen) atoms. The Hall–Kier alpha value is -2.57. The van der Waals surface area contributed by atoms with Gasteiger partial charge in [-0.15, -0.1) is 0 Å². The molecule has 182 valence electrons. The van der Waals surface area contributed by atoms with E-state index in [0.29, 0.717) is 13.1 Å². The predicted molar refractivity (Wildman–Crippen MR) is 130 cm³/mol. The van der Waals surface area contributed by atoms with Crippen molar-refractivity contribution in [1.29, 1.82) is 0 Å². The van der Waals surface area contributed by atoms with Crippen LogP contribution in [0.4, 0.5) is 4.79 Å². The second-order valence-corrected chi connectivity index (χ2v) is 10.7. The van der Waals surface area contributed by atoms with Crippen molar-refractivity contribution >= 4 is 6.09 Å². The molecule has 3 aliphatic heterocycles. The molecule has 1 spiro atoms. The molecule has 0 unspecified atom stereocenters. The van der Waals surface area contributed by atoms with E-state index in [1.165, 1.54) is 22.3 Å². The van der Waals surface area contributed by atoms with Crippen LogP contribution in [0.15, 0.2) is 42.5 Å². The van der Waals surface area contributed by atoms with Crippen molar-refractivity contribution < 1.29 is 23.7 Å².